The number of carbonyl (C=O) groups excluding carboxylic acids is 1. The third kappa shape index (κ3) is 3.26. The van der Waals surface area contributed by atoms with E-state index in [2.05, 4.69) is 20.2 Å². The first-order valence-corrected chi connectivity index (χ1v) is 10.9. The molecule has 5 rings (SSSR count). The number of nitrogens with one attached hydrogen (secondary N) is 1. The largest absolute Gasteiger partial charge is 0.355 e. The molecule has 1 unspecified atom stereocenters. The van der Waals surface area contributed by atoms with Gasteiger partial charge in [0.2, 0.25) is 5.91 Å². The number of amides is 1. The molecular formula is C21H30N6O. The molecule has 0 aromatic carbocycles. The average molecular weight is 383 g/mol. The van der Waals surface area contributed by atoms with E-state index in [1.165, 1.54) is 23.5 Å². The van der Waals surface area contributed by atoms with Crippen LogP contribution < -0.4 is 10.2 Å². The molecule has 2 aromatic rings. The van der Waals surface area contributed by atoms with Crippen molar-refractivity contribution in [3.05, 3.63) is 23.5 Å². The number of anilines is 1. The number of hydrogen-bond acceptors (Lipinski definition) is 5. The zero-order valence-corrected chi connectivity index (χ0v) is 16.6. The third-order valence-electron chi connectivity index (χ3n) is 6.52. The Morgan fingerprint density at radius 1 is 1.07 bits per heavy atom. The Morgan fingerprint density at radius 2 is 1.93 bits per heavy atom. The molecule has 2 fully saturated rings. The Bertz CT molecular complexity index is 856. The smallest absolute Gasteiger partial charge is 0.227 e. The fraction of sp³-hybridized carbons (Fsp3) is 0.667. The van der Waals surface area contributed by atoms with Gasteiger partial charge in [0.1, 0.15) is 5.82 Å². The lowest BCUT2D eigenvalue weighted by atomic mass is 9.95. The maximum Gasteiger partial charge on any atom is 0.227 e. The maximum atomic E-state index is 13.1. The lowest BCUT2D eigenvalue weighted by Gasteiger charge is -2.38. The summed E-state index contributed by atoms with van der Waals surface area (Å²) in [6.07, 6.45) is 9.38. The van der Waals surface area contributed by atoms with Crippen LogP contribution in [0.1, 0.15) is 43.4 Å². The first-order chi connectivity index (χ1) is 13.8. The highest BCUT2D eigenvalue weighted by atomic mass is 16.2. The highest BCUT2D eigenvalue weighted by Crippen LogP contribution is 2.31. The molecule has 28 heavy (non-hydrogen) atoms. The molecule has 0 bridgehead atoms. The normalized spacial score (nSPS) is 23.5. The zero-order chi connectivity index (χ0) is 18.9. The Labute approximate surface area is 166 Å². The molecule has 1 atom stereocenters. The van der Waals surface area contributed by atoms with E-state index in [1.54, 1.807) is 0 Å². The SMILES string of the molecule is O=C(C1CCCN(c2c3c(nc4ccnn24)CCNCC3)C1)N1CCCCC1. The lowest BCUT2D eigenvalue weighted by Crippen LogP contribution is -2.47. The number of aromatic nitrogens is 3. The number of hydrogen-bond donors (Lipinski definition) is 1. The first-order valence-electron chi connectivity index (χ1n) is 10.9. The van der Waals surface area contributed by atoms with Gasteiger partial charge in [0, 0.05) is 50.8 Å². The van der Waals surface area contributed by atoms with Gasteiger partial charge in [0.05, 0.1) is 17.8 Å². The van der Waals surface area contributed by atoms with E-state index in [1.807, 2.05) is 16.8 Å². The minimum absolute atomic E-state index is 0.102. The van der Waals surface area contributed by atoms with Gasteiger partial charge in [0.15, 0.2) is 5.65 Å². The topological polar surface area (TPSA) is 65.8 Å². The van der Waals surface area contributed by atoms with Crippen LogP contribution >= 0.6 is 0 Å². The van der Waals surface area contributed by atoms with Gasteiger partial charge in [-0.1, -0.05) is 0 Å². The molecule has 0 aliphatic carbocycles. The number of piperidine rings is 2. The molecule has 1 N–H and O–H groups in total. The summed E-state index contributed by atoms with van der Waals surface area (Å²) >= 11 is 0. The van der Waals surface area contributed by atoms with Gasteiger partial charge in [-0.25, -0.2) is 4.98 Å². The summed E-state index contributed by atoms with van der Waals surface area (Å²) in [6, 6.07) is 1.99. The van der Waals surface area contributed by atoms with Crippen LogP contribution in [0.25, 0.3) is 5.65 Å². The summed E-state index contributed by atoms with van der Waals surface area (Å²) in [5, 5.41) is 8.08. The van der Waals surface area contributed by atoms with Crippen LogP contribution in [0.15, 0.2) is 12.3 Å². The summed E-state index contributed by atoms with van der Waals surface area (Å²) in [6.45, 7) is 5.61. The van der Waals surface area contributed by atoms with Crippen molar-refractivity contribution < 1.29 is 4.79 Å². The zero-order valence-electron chi connectivity index (χ0n) is 16.6. The van der Waals surface area contributed by atoms with Gasteiger partial charge in [-0.05, 0) is 45.1 Å². The number of carbonyl (C=O) groups is 1. The van der Waals surface area contributed by atoms with Crippen molar-refractivity contribution in [2.75, 3.05) is 44.2 Å². The van der Waals surface area contributed by atoms with E-state index in [-0.39, 0.29) is 5.92 Å². The second-order valence-electron chi connectivity index (χ2n) is 8.38. The molecule has 2 aromatic heterocycles. The highest BCUT2D eigenvalue weighted by Gasteiger charge is 2.32. The van der Waals surface area contributed by atoms with Crippen LogP contribution in [0.3, 0.4) is 0 Å². The van der Waals surface area contributed by atoms with E-state index in [4.69, 9.17) is 4.98 Å². The molecule has 0 spiro atoms. The van der Waals surface area contributed by atoms with Crippen molar-refractivity contribution >= 4 is 17.4 Å². The van der Waals surface area contributed by atoms with Gasteiger partial charge in [-0.15, -0.1) is 0 Å². The van der Waals surface area contributed by atoms with E-state index in [9.17, 15) is 4.79 Å². The van der Waals surface area contributed by atoms with Crippen molar-refractivity contribution in [2.24, 2.45) is 5.92 Å². The third-order valence-corrected chi connectivity index (χ3v) is 6.52. The Morgan fingerprint density at radius 3 is 2.82 bits per heavy atom. The van der Waals surface area contributed by atoms with Gasteiger partial charge < -0.3 is 15.1 Å². The standard InChI is InChI=1S/C21H30N6O/c28-21(25-12-2-1-3-13-25)16-5-4-14-26(15-16)20-17-6-9-22-10-7-18(17)24-19-8-11-23-27(19)20/h8,11,16,22H,1-7,9-10,12-15H2. The van der Waals surface area contributed by atoms with Crippen molar-refractivity contribution in [2.45, 2.75) is 44.9 Å². The van der Waals surface area contributed by atoms with Gasteiger partial charge in [0.25, 0.3) is 0 Å². The summed E-state index contributed by atoms with van der Waals surface area (Å²) in [5.41, 5.74) is 3.42. The number of fused-ring (bicyclic) bond motifs is 2. The van der Waals surface area contributed by atoms with Crippen LogP contribution in [-0.4, -0.2) is 64.7 Å². The van der Waals surface area contributed by atoms with Crippen LogP contribution in [0.2, 0.25) is 0 Å². The molecule has 5 heterocycles. The van der Waals surface area contributed by atoms with E-state index in [0.717, 1.165) is 83.4 Å². The molecule has 3 aliphatic rings. The molecular weight excluding hydrogens is 352 g/mol. The monoisotopic (exact) mass is 382 g/mol. The average Bonchev–Trinajstić information content (AvgIpc) is 3.09. The van der Waals surface area contributed by atoms with E-state index in [0.29, 0.717) is 5.91 Å². The van der Waals surface area contributed by atoms with E-state index >= 15 is 0 Å². The minimum atomic E-state index is 0.102. The second-order valence-corrected chi connectivity index (χ2v) is 8.38. The molecule has 7 heteroatoms. The molecule has 0 saturated carbocycles. The number of rotatable bonds is 2. The fourth-order valence-electron chi connectivity index (χ4n) is 5.08. The molecule has 2 saturated heterocycles. The fourth-order valence-corrected chi connectivity index (χ4v) is 5.08. The quantitative estimate of drug-likeness (QED) is 0.856. The van der Waals surface area contributed by atoms with Gasteiger partial charge >= 0.3 is 0 Å². The number of nitrogens with zero attached hydrogens (tertiary/aromatic N) is 5. The molecule has 0 radical (unpaired) electrons. The molecule has 7 nitrogen and oxygen atoms in total. The second kappa shape index (κ2) is 7.70. The van der Waals surface area contributed by atoms with Gasteiger partial charge in [-0.3, -0.25) is 4.79 Å². The maximum absolute atomic E-state index is 13.1. The van der Waals surface area contributed by atoms with Gasteiger partial charge in [-0.2, -0.15) is 9.61 Å². The number of likely N-dealkylation sites (tertiary alicyclic amines) is 1. The predicted octanol–water partition coefficient (Wildman–Crippen LogP) is 1.65. The molecule has 150 valence electrons. The van der Waals surface area contributed by atoms with Crippen molar-refractivity contribution in [1.82, 2.24) is 24.8 Å². The first kappa shape index (κ1) is 17.9. The summed E-state index contributed by atoms with van der Waals surface area (Å²) < 4.78 is 2.00. The summed E-state index contributed by atoms with van der Waals surface area (Å²) in [7, 11) is 0. The predicted molar refractivity (Wildman–Crippen MR) is 109 cm³/mol. The Hall–Kier alpha value is -2.15. The Balaban J connectivity index is 1.46. The molecule has 1 amide bonds. The van der Waals surface area contributed by atoms with Crippen LogP contribution in [0.5, 0.6) is 0 Å². The summed E-state index contributed by atoms with van der Waals surface area (Å²) in [5.74, 6) is 1.64. The van der Waals surface area contributed by atoms with Crippen LogP contribution in [0.4, 0.5) is 5.82 Å². The van der Waals surface area contributed by atoms with Crippen LogP contribution in [-0.2, 0) is 17.6 Å². The lowest BCUT2D eigenvalue weighted by molar-refractivity contribution is -0.136. The van der Waals surface area contributed by atoms with Crippen molar-refractivity contribution in [1.29, 1.82) is 0 Å². The highest BCUT2D eigenvalue weighted by molar-refractivity contribution is 5.80. The van der Waals surface area contributed by atoms with Crippen molar-refractivity contribution in [3.8, 4) is 0 Å². The molecule has 3 aliphatic heterocycles. The van der Waals surface area contributed by atoms with Crippen LogP contribution in [0, 0.1) is 5.92 Å². The van der Waals surface area contributed by atoms with E-state index < -0.39 is 0 Å². The van der Waals surface area contributed by atoms with Crippen molar-refractivity contribution in [3.63, 3.8) is 0 Å². The Kier molecular flexibility index (Phi) is 4.93. The summed E-state index contributed by atoms with van der Waals surface area (Å²) in [4.78, 5) is 22.5. The minimum Gasteiger partial charge on any atom is -0.355 e.